The standard InChI is InChI=1S/C24H28N2O3.C21H22N2O3/c1-4-13-25-14-5-6-20-23(25)21-15-19(29-3)11-12-22(21)26(24(20)27)16-17-7-9-18(28-2)10-8-17;1-25-15-7-5-14(6-8-15)13-23-19-10-9-16(26-2)12-18(19)20-17(21(23)24)4-3-11-22-20/h7-12,15H,4-6,13-14,16H2,1-3H3;5-10,12,22H,3-4,11,13H2,1-2H3. The quantitative estimate of drug-likeness (QED) is 0.153. The van der Waals surface area contributed by atoms with Gasteiger partial charge >= 0.3 is 0 Å². The number of fused-ring (bicyclic) bond motifs is 6. The van der Waals surface area contributed by atoms with E-state index in [9.17, 15) is 9.59 Å². The lowest BCUT2D eigenvalue weighted by Crippen LogP contribution is -2.36. The van der Waals surface area contributed by atoms with Gasteiger partial charge < -0.3 is 38.3 Å². The van der Waals surface area contributed by atoms with Crippen molar-refractivity contribution in [1.29, 1.82) is 0 Å². The van der Waals surface area contributed by atoms with Gasteiger partial charge in [-0.25, -0.2) is 0 Å². The second-order valence-corrected chi connectivity index (χ2v) is 14.0. The molecule has 0 bridgehead atoms. The Morgan fingerprint density at radius 3 is 1.64 bits per heavy atom. The topological polar surface area (TPSA) is 96.2 Å². The minimum absolute atomic E-state index is 0.0840. The molecule has 8 rings (SSSR count). The molecule has 4 aromatic carbocycles. The molecule has 0 radical (unpaired) electrons. The third-order valence-corrected chi connectivity index (χ3v) is 10.7. The molecule has 0 saturated carbocycles. The molecule has 0 atom stereocenters. The van der Waals surface area contributed by atoms with Crippen molar-refractivity contribution in [2.75, 3.05) is 58.3 Å². The summed E-state index contributed by atoms with van der Waals surface area (Å²) < 4.78 is 25.2. The summed E-state index contributed by atoms with van der Waals surface area (Å²) in [4.78, 5) is 29.1. The molecule has 2 aliphatic heterocycles. The largest absolute Gasteiger partial charge is 0.497 e. The molecule has 0 aliphatic carbocycles. The fraction of sp³-hybridized carbons (Fsp3) is 0.333. The van der Waals surface area contributed by atoms with Crippen molar-refractivity contribution < 1.29 is 18.9 Å². The van der Waals surface area contributed by atoms with Crippen molar-refractivity contribution in [3.8, 4) is 23.0 Å². The Kier molecular flexibility index (Phi) is 11.3. The molecule has 4 heterocycles. The first kappa shape index (κ1) is 37.4. The predicted octanol–water partition coefficient (Wildman–Crippen LogP) is 7.65. The number of rotatable bonds is 10. The summed E-state index contributed by atoms with van der Waals surface area (Å²) in [5.41, 5.74) is 8.07. The summed E-state index contributed by atoms with van der Waals surface area (Å²) in [7, 11) is 6.65. The van der Waals surface area contributed by atoms with Crippen LogP contribution in [0.1, 0.15) is 48.4 Å². The van der Waals surface area contributed by atoms with Crippen LogP contribution in [0.4, 0.5) is 11.4 Å². The lowest BCUT2D eigenvalue weighted by molar-refractivity contribution is 0.414. The van der Waals surface area contributed by atoms with Gasteiger partial charge in [-0.2, -0.15) is 0 Å². The molecule has 0 spiro atoms. The van der Waals surface area contributed by atoms with E-state index in [1.54, 1.807) is 28.4 Å². The maximum absolute atomic E-state index is 13.5. The minimum atomic E-state index is 0.0840. The second-order valence-electron chi connectivity index (χ2n) is 14.0. The van der Waals surface area contributed by atoms with Crippen LogP contribution in [0, 0.1) is 0 Å². The zero-order valence-electron chi connectivity index (χ0n) is 32.4. The Bertz CT molecular complexity index is 2420. The van der Waals surface area contributed by atoms with E-state index in [0.717, 1.165) is 130 Å². The number of hydrogen-bond acceptors (Lipinski definition) is 8. The first-order chi connectivity index (χ1) is 26.9. The van der Waals surface area contributed by atoms with Crippen LogP contribution in [-0.4, -0.2) is 57.2 Å². The summed E-state index contributed by atoms with van der Waals surface area (Å²) in [6.07, 6.45) is 4.67. The molecule has 2 aliphatic rings. The van der Waals surface area contributed by atoms with E-state index in [1.807, 2.05) is 88.0 Å². The molecule has 10 nitrogen and oxygen atoms in total. The summed E-state index contributed by atoms with van der Waals surface area (Å²) in [6, 6.07) is 27.7. The maximum atomic E-state index is 13.5. The lowest BCUT2D eigenvalue weighted by Gasteiger charge is -2.33. The molecule has 10 heteroatoms. The highest BCUT2D eigenvalue weighted by Gasteiger charge is 2.25. The number of anilines is 2. The molecule has 286 valence electrons. The second kappa shape index (κ2) is 16.6. The van der Waals surface area contributed by atoms with Crippen LogP contribution in [-0.2, 0) is 25.9 Å². The Morgan fingerprint density at radius 1 is 0.600 bits per heavy atom. The van der Waals surface area contributed by atoms with Gasteiger partial charge in [0.15, 0.2) is 0 Å². The smallest absolute Gasteiger partial charge is 0.256 e. The van der Waals surface area contributed by atoms with Gasteiger partial charge in [-0.3, -0.25) is 9.59 Å². The highest BCUT2D eigenvalue weighted by Crippen LogP contribution is 2.36. The van der Waals surface area contributed by atoms with Crippen molar-refractivity contribution in [3.05, 3.63) is 128 Å². The third kappa shape index (κ3) is 7.58. The van der Waals surface area contributed by atoms with Crippen molar-refractivity contribution in [1.82, 2.24) is 9.13 Å². The van der Waals surface area contributed by atoms with E-state index in [2.05, 4.69) is 23.2 Å². The first-order valence-corrected chi connectivity index (χ1v) is 19.1. The van der Waals surface area contributed by atoms with E-state index in [1.165, 1.54) is 0 Å². The van der Waals surface area contributed by atoms with Crippen LogP contribution in [0.3, 0.4) is 0 Å². The van der Waals surface area contributed by atoms with E-state index in [0.29, 0.717) is 13.1 Å². The number of aromatic nitrogens is 2. The number of hydrogen-bond donors (Lipinski definition) is 1. The highest BCUT2D eigenvalue weighted by molar-refractivity contribution is 5.96. The van der Waals surface area contributed by atoms with Gasteiger partial charge in [-0.05, 0) is 104 Å². The number of nitrogens with one attached hydrogen (secondary N) is 1. The molecular weight excluding hydrogens is 693 g/mol. The van der Waals surface area contributed by atoms with E-state index < -0.39 is 0 Å². The van der Waals surface area contributed by atoms with Gasteiger partial charge in [-0.1, -0.05) is 31.2 Å². The lowest BCUT2D eigenvalue weighted by atomic mass is 9.98. The van der Waals surface area contributed by atoms with Gasteiger partial charge in [0.2, 0.25) is 0 Å². The van der Waals surface area contributed by atoms with Gasteiger partial charge in [0, 0.05) is 41.5 Å². The van der Waals surface area contributed by atoms with E-state index >= 15 is 0 Å². The summed E-state index contributed by atoms with van der Waals surface area (Å²) in [5, 5.41) is 5.55. The molecule has 0 fully saturated rings. The van der Waals surface area contributed by atoms with Crippen molar-refractivity contribution in [3.63, 3.8) is 0 Å². The van der Waals surface area contributed by atoms with Gasteiger partial charge in [0.25, 0.3) is 11.1 Å². The zero-order valence-corrected chi connectivity index (χ0v) is 32.4. The van der Waals surface area contributed by atoms with Crippen LogP contribution >= 0.6 is 0 Å². The van der Waals surface area contributed by atoms with E-state index in [4.69, 9.17) is 18.9 Å². The number of pyridine rings is 2. The highest BCUT2D eigenvalue weighted by atomic mass is 16.5. The molecule has 55 heavy (non-hydrogen) atoms. The molecule has 0 unspecified atom stereocenters. The Labute approximate surface area is 321 Å². The molecule has 0 amide bonds. The SMILES string of the molecule is CCCN1CCCc2c1c1cc(OC)ccc1n(Cc1ccc(OC)cc1)c2=O.COc1ccc(Cn2c(=O)c3c(c4cc(OC)ccc42)NCCC3)cc1. The van der Waals surface area contributed by atoms with Crippen molar-refractivity contribution in [2.24, 2.45) is 0 Å². The fourth-order valence-electron chi connectivity index (χ4n) is 7.91. The predicted molar refractivity (Wildman–Crippen MR) is 221 cm³/mol. The van der Waals surface area contributed by atoms with Crippen LogP contribution < -0.4 is 40.3 Å². The van der Waals surface area contributed by atoms with Gasteiger partial charge in [-0.15, -0.1) is 0 Å². The molecule has 2 aromatic heterocycles. The fourth-order valence-corrected chi connectivity index (χ4v) is 7.91. The third-order valence-electron chi connectivity index (χ3n) is 10.7. The van der Waals surface area contributed by atoms with Crippen molar-refractivity contribution in [2.45, 2.75) is 52.1 Å². The Morgan fingerprint density at radius 2 is 1.09 bits per heavy atom. The number of benzene rings is 4. The molecular formula is C45H50N4O6. The first-order valence-electron chi connectivity index (χ1n) is 19.1. The van der Waals surface area contributed by atoms with Crippen molar-refractivity contribution >= 4 is 33.2 Å². The average molecular weight is 743 g/mol. The molecule has 0 saturated heterocycles. The number of nitrogens with zero attached hydrogens (tertiary/aromatic N) is 3. The van der Waals surface area contributed by atoms with Crippen LogP contribution in [0.15, 0.2) is 94.5 Å². The summed E-state index contributed by atoms with van der Waals surface area (Å²) in [5.74, 6) is 3.24. The number of ether oxygens (including phenoxy) is 4. The molecule has 6 aromatic rings. The van der Waals surface area contributed by atoms with Crippen LogP contribution in [0.2, 0.25) is 0 Å². The normalized spacial score (nSPS) is 13.3. The van der Waals surface area contributed by atoms with E-state index in [-0.39, 0.29) is 11.1 Å². The monoisotopic (exact) mass is 742 g/mol. The maximum Gasteiger partial charge on any atom is 0.256 e. The Hall–Kier alpha value is -5.90. The van der Waals surface area contributed by atoms with Gasteiger partial charge in [0.1, 0.15) is 23.0 Å². The van der Waals surface area contributed by atoms with Crippen LogP contribution in [0.5, 0.6) is 23.0 Å². The van der Waals surface area contributed by atoms with Crippen LogP contribution in [0.25, 0.3) is 21.8 Å². The number of methoxy groups -OCH3 is 4. The summed E-state index contributed by atoms with van der Waals surface area (Å²) in [6.45, 7) is 6.09. The zero-order chi connectivity index (χ0) is 38.5. The molecule has 1 N–H and O–H groups in total. The minimum Gasteiger partial charge on any atom is -0.497 e. The van der Waals surface area contributed by atoms with Gasteiger partial charge in [0.05, 0.1) is 63.9 Å². The summed E-state index contributed by atoms with van der Waals surface area (Å²) >= 11 is 0. The Balaban J connectivity index is 0.000000170. The average Bonchev–Trinajstić information content (AvgIpc) is 3.24.